The highest BCUT2D eigenvalue weighted by Gasteiger charge is 2.20. The van der Waals surface area contributed by atoms with E-state index in [1.807, 2.05) is 19.1 Å². The molecule has 2 N–H and O–H groups in total. The minimum Gasteiger partial charge on any atom is -0.394 e. The van der Waals surface area contributed by atoms with Crippen LogP contribution in [0.25, 0.3) is 0 Å². The van der Waals surface area contributed by atoms with Crippen molar-refractivity contribution in [1.29, 1.82) is 0 Å². The average Bonchev–Trinajstić information content (AvgIpc) is 2.17. The van der Waals surface area contributed by atoms with Crippen molar-refractivity contribution in [1.82, 2.24) is 5.32 Å². The summed E-state index contributed by atoms with van der Waals surface area (Å²) in [7, 11) is 0. The van der Waals surface area contributed by atoms with Crippen LogP contribution in [0, 0.1) is 0 Å². The Kier molecular flexibility index (Phi) is 3.18. The molecule has 1 aliphatic heterocycles. The Morgan fingerprint density at radius 1 is 1.78 bits per heavy atom. The van der Waals surface area contributed by atoms with Gasteiger partial charge in [0, 0.05) is 6.54 Å². The van der Waals surface area contributed by atoms with Gasteiger partial charge in [0.1, 0.15) is 0 Å². The molecule has 0 aromatic heterocycles. The zero-order valence-electron chi connectivity index (χ0n) is 5.42. The molecule has 1 atom stereocenters. The predicted molar refractivity (Wildman–Crippen MR) is 39.9 cm³/mol. The quantitative estimate of drug-likeness (QED) is 0.527. The molecule has 0 aromatic carbocycles. The third kappa shape index (κ3) is 1.97. The maximum Gasteiger partial charge on any atom is 0.0646 e. The summed E-state index contributed by atoms with van der Waals surface area (Å²) in [6.45, 7) is 3.04. The van der Waals surface area contributed by atoms with Gasteiger partial charge in [-0.2, -0.15) is 0 Å². The Morgan fingerprint density at radius 3 is 2.67 bits per heavy atom. The highest BCUT2D eigenvalue weighted by Crippen LogP contribution is 2.08. The summed E-state index contributed by atoms with van der Waals surface area (Å²) in [6, 6.07) is 0. The Hall–Kier alpha value is -0.0500. The van der Waals surface area contributed by atoms with Crippen molar-refractivity contribution in [2.24, 2.45) is 0 Å². The summed E-state index contributed by atoms with van der Waals surface area (Å²) in [5, 5.41) is 11.8. The van der Waals surface area contributed by atoms with Crippen molar-refractivity contribution in [3.63, 3.8) is 0 Å². The Bertz CT molecular complexity index is 116. The van der Waals surface area contributed by atoms with E-state index in [0.717, 1.165) is 6.54 Å². The van der Waals surface area contributed by atoms with Gasteiger partial charge < -0.3 is 10.4 Å². The second-order valence-corrected chi connectivity index (χ2v) is 2.36. The molecular weight excluding hydrogens is 138 g/mol. The van der Waals surface area contributed by atoms with Gasteiger partial charge in [-0.15, -0.1) is 12.4 Å². The van der Waals surface area contributed by atoms with Gasteiger partial charge in [-0.25, -0.2) is 0 Å². The van der Waals surface area contributed by atoms with E-state index in [9.17, 15) is 0 Å². The van der Waals surface area contributed by atoms with E-state index in [4.69, 9.17) is 5.11 Å². The average molecular weight is 150 g/mol. The fourth-order valence-electron chi connectivity index (χ4n) is 0.779. The van der Waals surface area contributed by atoms with E-state index in [2.05, 4.69) is 5.32 Å². The van der Waals surface area contributed by atoms with Gasteiger partial charge in [0.2, 0.25) is 0 Å². The van der Waals surface area contributed by atoms with E-state index < -0.39 is 0 Å². The molecule has 0 aromatic rings. The van der Waals surface area contributed by atoms with Crippen LogP contribution in [0.5, 0.6) is 0 Å². The molecule has 9 heavy (non-hydrogen) atoms. The summed E-state index contributed by atoms with van der Waals surface area (Å²) in [6.07, 6.45) is 4.02. The van der Waals surface area contributed by atoms with Crippen LogP contribution in [0.3, 0.4) is 0 Å². The molecule has 1 aliphatic rings. The lowest BCUT2D eigenvalue weighted by Crippen LogP contribution is -2.39. The number of hydrogen-bond acceptors (Lipinski definition) is 2. The zero-order valence-corrected chi connectivity index (χ0v) is 6.24. The van der Waals surface area contributed by atoms with Crippen molar-refractivity contribution < 1.29 is 5.11 Å². The number of hydrogen-bond donors (Lipinski definition) is 2. The normalized spacial score (nSPS) is 32.2. The van der Waals surface area contributed by atoms with Crippen LogP contribution in [0.4, 0.5) is 0 Å². The van der Waals surface area contributed by atoms with Gasteiger partial charge in [-0.3, -0.25) is 0 Å². The minimum absolute atomic E-state index is 0. The van der Waals surface area contributed by atoms with Crippen LogP contribution in [-0.4, -0.2) is 23.8 Å². The van der Waals surface area contributed by atoms with Crippen molar-refractivity contribution in [2.75, 3.05) is 13.2 Å². The van der Waals surface area contributed by atoms with Crippen LogP contribution in [-0.2, 0) is 0 Å². The van der Waals surface area contributed by atoms with Crippen LogP contribution >= 0.6 is 12.4 Å². The third-order valence-corrected chi connectivity index (χ3v) is 1.44. The monoisotopic (exact) mass is 149 g/mol. The number of aliphatic hydroxyl groups is 1. The van der Waals surface area contributed by atoms with Gasteiger partial charge in [-0.1, -0.05) is 12.2 Å². The van der Waals surface area contributed by atoms with Crippen molar-refractivity contribution in [2.45, 2.75) is 12.5 Å². The SMILES string of the molecule is CC1(CO)C=CCN1.Cl. The first kappa shape index (κ1) is 8.95. The second kappa shape index (κ2) is 3.20. The first-order chi connectivity index (χ1) is 3.77. The van der Waals surface area contributed by atoms with E-state index in [1.165, 1.54) is 0 Å². The van der Waals surface area contributed by atoms with E-state index in [1.54, 1.807) is 0 Å². The summed E-state index contributed by atoms with van der Waals surface area (Å²) in [4.78, 5) is 0. The minimum atomic E-state index is -0.139. The van der Waals surface area contributed by atoms with Gasteiger partial charge in [0.05, 0.1) is 12.1 Å². The lowest BCUT2D eigenvalue weighted by molar-refractivity contribution is 0.218. The first-order valence-electron chi connectivity index (χ1n) is 2.80. The van der Waals surface area contributed by atoms with Crippen molar-refractivity contribution in [3.05, 3.63) is 12.2 Å². The summed E-state index contributed by atoms with van der Waals surface area (Å²) >= 11 is 0. The smallest absolute Gasteiger partial charge is 0.0646 e. The third-order valence-electron chi connectivity index (χ3n) is 1.44. The lowest BCUT2D eigenvalue weighted by Gasteiger charge is -2.18. The van der Waals surface area contributed by atoms with Crippen molar-refractivity contribution in [3.8, 4) is 0 Å². The number of halogens is 1. The van der Waals surface area contributed by atoms with E-state index >= 15 is 0 Å². The molecule has 3 heteroatoms. The predicted octanol–water partition coefficient (Wildman–Crippen LogP) is 0.319. The highest BCUT2D eigenvalue weighted by molar-refractivity contribution is 5.85. The molecule has 0 radical (unpaired) electrons. The largest absolute Gasteiger partial charge is 0.394 e. The molecule has 0 saturated carbocycles. The van der Waals surface area contributed by atoms with Gasteiger partial charge in [-0.05, 0) is 6.92 Å². The molecule has 54 valence electrons. The fraction of sp³-hybridized carbons (Fsp3) is 0.667. The maximum atomic E-state index is 8.71. The molecule has 0 amide bonds. The number of rotatable bonds is 1. The van der Waals surface area contributed by atoms with Gasteiger partial charge >= 0.3 is 0 Å². The molecular formula is C6H12ClNO. The molecule has 0 aliphatic carbocycles. The molecule has 0 fully saturated rings. The van der Waals surface area contributed by atoms with Crippen LogP contribution in [0.2, 0.25) is 0 Å². The fourth-order valence-corrected chi connectivity index (χ4v) is 0.779. The molecule has 1 rings (SSSR count). The van der Waals surface area contributed by atoms with Gasteiger partial charge in [0.25, 0.3) is 0 Å². The summed E-state index contributed by atoms with van der Waals surface area (Å²) in [5.74, 6) is 0. The van der Waals surface area contributed by atoms with Crippen LogP contribution in [0.15, 0.2) is 12.2 Å². The van der Waals surface area contributed by atoms with Crippen molar-refractivity contribution >= 4 is 12.4 Å². The van der Waals surface area contributed by atoms with Crippen LogP contribution in [0.1, 0.15) is 6.92 Å². The maximum absolute atomic E-state index is 8.71. The van der Waals surface area contributed by atoms with E-state index in [0.29, 0.717) is 0 Å². The molecule has 2 nitrogen and oxygen atoms in total. The standard InChI is InChI=1S/C6H11NO.ClH/c1-6(5-8)3-2-4-7-6;/h2-3,7-8H,4-5H2,1H3;1H. The summed E-state index contributed by atoms with van der Waals surface area (Å²) < 4.78 is 0. The lowest BCUT2D eigenvalue weighted by atomic mass is 10.1. The first-order valence-corrected chi connectivity index (χ1v) is 2.80. The topological polar surface area (TPSA) is 32.3 Å². The molecule has 1 heterocycles. The highest BCUT2D eigenvalue weighted by atomic mass is 35.5. The Labute approximate surface area is 61.4 Å². The van der Waals surface area contributed by atoms with E-state index in [-0.39, 0.29) is 24.6 Å². The van der Waals surface area contributed by atoms with Crippen LogP contribution < -0.4 is 5.32 Å². The summed E-state index contributed by atoms with van der Waals surface area (Å²) in [5.41, 5.74) is -0.139. The second-order valence-electron chi connectivity index (χ2n) is 2.36. The number of aliphatic hydroxyl groups excluding tert-OH is 1. The molecule has 0 bridgehead atoms. The Balaban J connectivity index is 0.000000640. The van der Waals surface area contributed by atoms with Gasteiger partial charge in [0.15, 0.2) is 0 Å². The number of nitrogens with one attached hydrogen (secondary N) is 1. The molecule has 0 saturated heterocycles. The Morgan fingerprint density at radius 2 is 2.44 bits per heavy atom. The molecule has 0 spiro atoms. The zero-order chi connectivity index (χ0) is 6.04. The molecule has 1 unspecified atom stereocenters.